The van der Waals surface area contributed by atoms with Crippen LogP contribution in [0.25, 0.3) is 10.3 Å². The molecule has 12 heteroatoms. The number of aromatic nitrogens is 3. The lowest BCUT2D eigenvalue weighted by Crippen LogP contribution is -2.33. The zero-order valence-electron chi connectivity index (χ0n) is 26.1. The van der Waals surface area contributed by atoms with Gasteiger partial charge in [0.1, 0.15) is 16.2 Å². The number of amides is 1. The van der Waals surface area contributed by atoms with E-state index in [4.69, 9.17) is 9.97 Å². The number of thiazole rings is 1. The van der Waals surface area contributed by atoms with E-state index in [1.165, 1.54) is 31.0 Å². The summed E-state index contributed by atoms with van der Waals surface area (Å²) in [5, 5.41) is 3.55. The van der Waals surface area contributed by atoms with Crippen molar-refractivity contribution in [2.45, 2.75) is 66.3 Å². The number of carbonyl (C=O) groups is 1. The molecule has 0 radical (unpaired) electrons. The van der Waals surface area contributed by atoms with Crippen LogP contribution in [-0.2, 0) is 23.1 Å². The Hall–Kier alpha value is -2.67. The highest BCUT2D eigenvalue weighted by Crippen LogP contribution is 2.38. The van der Waals surface area contributed by atoms with Crippen molar-refractivity contribution in [2.24, 2.45) is 17.3 Å². The van der Waals surface area contributed by atoms with Crippen molar-refractivity contribution >= 4 is 43.6 Å². The third kappa shape index (κ3) is 8.03. The molecule has 0 bridgehead atoms. The summed E-state index contributed by atoms with van der Waals surface area (Å²) in [6.07, 6.45) is 5.33. The number of hydrogen-bond acceptors (Lipinski definition) is 8. The standard InChI is InChI=1S/C30H45N7O3S2/c1-19(2)18-37(8)14-13-24(20-9-12-26(31-17-20)35-42(39,40)36(6)7)32-27(38)29-34-25-16-21-15-22(30(3,4)5)10-11-23(21)33-28(25)41-29/h9,12,16-17,19,22,24H,10-11,13-15,18H2,1-8H3,(H,31,35)(H,32,38)/t22-,24+/m0/s1. The van der Waals surface area contributed by atoms with Crippen molar-refractivity contribution in [1.82, 2.24) is 29.5 Å². The highest BCUT2D eigenvalue weighted by Gasteiger charge is 2.30. The molecule has 0 fully saturated rings. The molecule has 1 aliphatic rings. The molecule has 1 aliphatic carbocycles. The predicted octanol–water partition coefficient (Wildman–Crippen LogP) is 4.90. The Kier molecular flexibility index (Phi) is 9.91. The van der Waals surface area contributed by atoms with E-state index in [0.29, 0.717) is 23.3 Å². The van der Waals surface area contributed by atoms with Gasteiger partial charge in [0.2, 0.25) is 0 Å². The molecule has 3 aromatic heterocycles. The van der Waals surface area contributed by atoms with E-state index in [9.17, 15) is 13.2 Å². The minimum Gasteiger partial charge on any atom is -0.343 e. The highest BCUT2D eigenvalue weighted by atomic mass is 32.2. The molecular formula is C30H45N7O3S2. The first-order valence-electron chi connectivity index (χ1n) is 14.6. The van der Waals surface area contributed by atoms with Gasteiger partial charge in [0.15, 0.2) is 5.01 Å². The Bertz CT molecular complexity index is 1500. The number of fused-ring (bicyclic) bond motifs is 2. The molecule has 42 heavy (non-hydrogen) atoms. The minimum atomic E-state index is -3.67. The van der Waals surface area contributed by atoms with Crippen LogP contribution in [0, 0.1) is 17.3 Å². The van der Waals surface area contributed by atoms with E-state index in [2.05, 4.69) is 67.7 Å². The summed E-state index contributed by atoms with van der Waals surface area (Å²) in [5.41, 5.74) is 4.17. The maximum Gasteiger partial charge on any atom is 0.302 e. The molecule has 3 aromatic rings. The fourth-order valence-corrected chi connectivity index (χ4v) is 6.76. The Morgan fingerprint density at radius 1 is 1.17 bits per heavy atom. The van der Waals surface area contributed by atoms with Gasteiger partial charge in [-0.15, -0.1) is 0 Å². The van der Waals surface area contributed by atoms with E-state index < -0.39 is 10.2 Å². The summed E-state index contributed by atoms with van der Waals surface area (Å²) < 4.78 is 27.9. The van der Waals surface area contributed by atoms with Gasteiger partial charge in [0.05, 0.1) is 6.04 Å². The van der Waals surface area contributed by atoms with Gasteiger partial charge in [-0.2, -0.15) is 12.7 Å². The van der Waals surface area contributed by atoms with Crippen LogP contribution in [0.3, 0.4) is 0 Å². The number of rotatable bonds is 11. The average molecular weight is 616 g/mol. The van der Waals surface area contributed by atoms with Crippen LogP contribution < -0.4 is 10.0 Å². The number of nitrogens with one attached hydrogen (secondary N) is 2. The normalized spacial score (nSPS) is 16.7. The topological polar surface area (TPSA) is 120 Å². The lowest BCUT2D eigenvalue weighted by molar-refractivity contribution is 0.0931. The molecule has 2 N–H and O–H groups in total. The van der Waals surface area contributed by atoms with Crippen LogP contribution in [0.15, 0.2) is 24.4 Å². The van der Waals surface area contributed by atoms with E-state index in [0.717, 1.165) is 58.3 Å². The minimum absolute atomic E-state index is 0.212. The predicted molar refractivity (Wildman–Crippen MR) is 170 cm³/mol. The van der Waals surface area contributed by atoms with Crippen molar-refractivity contribution in [3.8, 4) is 0 Å². The van der Waals surface area contributed by atoms with Crippen molar-refractivity contribution in [3.05, 3.63) is 46.2 Å². The van der Waals surface area contributed by atoms with Gasteiger partial charge in [0, 0.05) is 39.1 Å². The molecule has 0 saturated carbocycles. The van der Waals surface area contributed by atoms with Crippen LogP contribution in [-0.4, -0.2) is 72.7 Å². The Balaban J connectivity index is 1.54. The largest absolute Gasteiger partial charge is 0.343 e. The maximum absolute atomic E-state index is 13.5. The molecule has 0 spiro atoms. The van der Waals surface area contributed by atoms with Crippen LogP contribution in [0.2, 0.25) is 0 Å². The first-order chi connectivity index (χ1) is 19.6. The number of nitrogens with zero attached hydrogens (tertiary/aromatic N) is 5. The number of anilines is 1. The lowest BCUT2D eigenvalue weighted by Gasteiger charge is -2.34. The van der Waals surface area contributed by atoms with Gasteiger partial charge in [-0.25, -0.2) is 15.0 Å². The van der Waals surface area contributed by atoms with Crippen LogP contribution in [0.5, 0.6) is 0 Å². The molecule has 1 amide bonds. The van der Waals surface area contributed by atoms with Gasteiger partial charge < -0.3 is 10.2 Å². The zero-order chi connectivity index (χ0) is 30.8. The lowest BCUT2D eigenvalue weighted by atomic mass is 9.71. The van der Waals surface area contributed by atoms with Crippen molar-refractivity contribution in [1.29, 1.82) is 0 Å². The Morgan fingerprint density at radius 2 is 1.90 bits per heavy atom. The van der Waals surface area contributed by atoms with E-state index in [1.807, 2.05) is 0 Å². The zero-order valence-corrected chi connectivity index (χ0v) is 27.7. The van der Waals surface area contributed by atoms with Gasteiger partial charge >= 0.3 is 10.2 Å². The number of hydrogen-bond donors (Lipinski definition) is 2. The van der Waals surface area contributed by atoms with Crippen molar-refractivity contribution in [3.63, 3.8) is 0 Å². The maximum atomic E-state index is 13.5. The molecule has 0 unspecified atom stereocenters. The summed E-state index contributed by atoms with van der Waals surface area (Å²) in [4.78, 5) is 30.5. The molecule has 3 heterocycles. The molecule has 0 saturated heterocycles. The second-order valence-electron chi connectivity index (χ2n) is 13.1. The quantitative estimate of drug-likeness (QED) is 0.315. The van der Waals surface area contributed by atoms with E-state index >= 15 is 0 Å². The van der Waals surface area contributed by atoms with Crippen molar-refractivity contribution in [2.75, 3.05) is 39.0 Å². The second kappa shape index (κ2) is 12.9. The first-order valence-corrected chi connectivity index (χ1v) is 16.8. The number of carbonyl (C=O) groups excluding carboxylic acids is 1. The van der Waals surface area contributed by atoms with E-state index in [1.54, 1.807) is 18.3 Å². The van der Waals surface area contributed by atoms with Gasteiger partial charge in [0.25, 0.3) is 5.91 Å². The van der Waals surface area contributed by atoms with Crippen LogP contribution in [0.4, 0.5) is 5.82 Å². The SMILES string of the molecule is CC(C)CN(C)CC[C@@H](NC(=O)c1nc2cc3c(nc2s1)CC[C@H](C(C)(C)C)C3)c1ccc(NS(=O)(=O)N(C)C)nc1. The molecule has 230 valence electrons. The summed E-state index contributed by atoms with van der Waals surface area (Å²) in [6.45, 7) is 12.9. The third-order valence-corrected chi connectivity index (χ3v) is 10.2. The van der Waals surface area contributed by atoms with Crippen LogP contribution >= 0.6 is 11.3 Å². The molecule has 0 aromatic carbocycles. The van der Waals surface area contributed by atoms with Gasteiger partial charge in [-0.3, -0.25) is 9.52 Å². The monoisotopic (exact) mass is 615 g/mol. The van der Waals surface area contributed by atoms with Crippen molar-refractivity contribution < 1.29 is 13.2 Å². The van der Waals surface area contributed by atoms with Gasteiger partial charge in [-0.1, -0.05) is 52.0 Å². The summed E-state index contributed by atoms with van der Waals surface area (Å²) in [6, 6.07) is 5.20. The number of pyridine rings is 2. The van der Waals surface area contributed by atoms with Gasteiger partial charge in [-0.05, 0) is 73.2 Å². The number of aryl methyl sites for hydroxylation is 1. The van der Waals surface area contributed by atoms with Crippen LogP contribution in [0.1, 0.15) is 80.1 Å². The summed E-state index contributed by atoms with van der Waals surface area (Å²) in [5.74, 6) is 1.08. The fraction of sp³-hybridized carbons (Fsp3) is 0.600. The molecule has 2 atom stereocenters. The molecular weight excluding hydrogens is 571 g/mol. The highest BCUT2D eigenvalue weighted by molar-refractivity contribution is 7.90. The first kappa shape index (κ1) is 32.2. The molecule has 10 nitrogen and oxygen atoms in total. The Morgan fingerprint density at radius 3 is 2.52 bits per heavy atom. The average Bonchev–Trinajstić information content (AvgIpc) is 3.31. The molecule has 0 aliphatic heterocycles. The molecule has 4 rings (SSSR count). The summed E-state index contributed by atoms with van der Waals surface area (Å²) >= 11 is 1.32. The third-order valence-electron chi connectivity index (χ3n) is 7.85. The smallest absolute Gasteiger partial charge is 0.302 e. The summed E-state index contributed by atoms with van der Waals surface area (Å²) in [7, 11) is 1.30. The Labute approximate surface area is 254 Å². The second-order valence-corrected chi connectivity index (χ2v) is 15.9. The van der Waals surface area contributed by atoms with E-state index in [-0.39, 0.29) is 23.2 Å². The fourth-order valence-electron chi connectivity index (χ4n) is 5.35.